The number of rotatable bonds is 4. The van der Waals surface area contributed by atoms with E-state index in [9.17, 15) is 14.7 Å². The molecular weight excluding hydrogens is 276 g/mol. The first-order valence-corrected chi connectivity index (χ1v) is 7.03. The van der Waals surface area contributed by atoms with E-state index >= 15 is 0 Å². The van der Waals surface area contributed by atoms with Crippen molar-refractivity contribution in [3.63, 3.8) is 0 Å². The predicted molar refractivity (Wildman–Crippen MR) is 75.1 cm³/mol. The Morgan fingerprint density at radius 1 is 1.25 bits per heavy atom. The Hall–Kier alpha value is -2.21. The monoisotopic (exact) mass is 288 g/mol. The molecule has 1 fully saturated rings. The average Bonchev–Trinajstić information content (AvgIpc) is 3.07. The molecule has 1 aromatic heterocycles. The Morgan fingerprint density at radius 2 is 1.95 bits per heavy atom. The lowest BCUT2D eigenvalue weighted by Crippen LogP contribution is -2.19. The fourth-order valence-electron chi connectivity index (χ4n) is 2.14. The molecule has 0 spiro atoms. The van der Waals surface area contributed by atoms with Crippen LogP contribution < -0.4 is 5.32 Å². The van der Waals surface area contributed by atoms with Crippen molar-refractivity contribution in [1.29, 1.82) is 0 Å². The summed E-state index contributed by atoms with van der Waals surface area (Å²) >= 11 is 1.27. The van der Waals surface area contributed by atoms with E-state index in [1.165, 1.54) is 17.5 Å². The van der Waals surface area contributed by atoms with Crippen LogP contribution in [0.15, 0.2) is 36.0 Å². The maximum absolute atomic E-state index is 11.8. The first-order valence-electron chi connectivity index (χ1n) is 6.16. The van der Waals surface area contributed by atoms with E-state index in [0.29, 0.717) is 23.4 Å². The van der Waals surface area contributed by atoms with Gasteiger partial charge >= 0.3 is 5.97 Å². The highest BCUT2D eigenvalue weighted by molar-refractivity contribution is 7.11. The highest BCUT2D eigenvalue weighted by Gasteiger charge is 2.51. The number of amides is 1. The summed E-state index contributed by atoms with van der Waals surface area (Å²) in [5.74, 6) is -0.987. The maximum atomic E-state index is 11.8. The van der Waals surface area contributed by atoms with Crippen LogP contribution >= 0.6 is 11.3 Å². The molecule has 3 rings (SSSR count). The number of thiazole rings is 1. The summed E-state index contributed by atoms with van der Waals surface area (Å²) in [5, 5.41) is 12.0. The van der Waals surface area contributed by atoms with Crippen LogP contribution in [0.3, 0.4) is 0 Å². The molecule has 1 aliphatic rings. The summed E-state index contributed by atoms with van der Waals surface area (Å²) in [4.78, 5) is 27.5. The Bertz CT molecular complexity index is 646. The summed E-state index contributed by atoms with van der Waals surface area (Å²) in [6, 6.07) is 7.00. The van der Waals surface area contributed by atoms with Crippen molar-refractivity contribution >= 4 is 28.9 Å². The summed E-state index contributed by atoms with van der Waals surface area (Å²) in [6.07, 6.45) is 2.86. The Kier molecular flexibility index (Phi) is 3.02. The van der Waals surface area contributed by atoms with E-state index < -0.39 is 11.4 Å². The molecule has 5 nitrogen and oxygen atoms in total. The molecule has 2 N–H and O–H groups in total. The number of nitrogens with zero attached hydrogens (tertiary/aromatic N) is 1. The number of carboxylic acid groups (broad SMARTS) is 1. The number of anilines is 1. The van der Waals surface area contributed by atoms with Gasteiger partial charge in [0.1, 0.15) is 4.88 Å². The Labute approximate surface area is 119 Å². The van der Waals surface area contributed by atoms with Crippen LogP contribution in [-0.2, 0) is 10.2 Å². The zero-order valence-corrected chi connectivity index (χ0v) is 11.3. The van der Waals surface area contributed by atoms with E-state index in [1.54, 1.807) is 29.8 Å². The van der Waals surface area contributed by atoms with Gasteiger partial charge in [0.15, 0.2) is 0 Å². The van der Waals surface area contributed by atoms with Crippen molar-refractivity contribution in [3.05, 3.63) is 46.4 Å². The smallest absolute Gasteiger partial charge is 0.314 e. The number of carbonyl (C=O) groups is 2. The molecule has 1 amide bonds. The fraction of sp³-hybridized carbons (Fsp3) is 0.214. The molecule has 0 radical (unpaired) electrons. The molecular formula is C14H12N2O3S. The lowest BCUT2D eigenvalue weighted by Gasteiger charge is -2.11. The number of carbonyl (C=O) groups excluding carboxylic acids is 1. The van der Waals surface area contributed by atoms with Gasteiger partial charge in [-0.25, -0.2) is 0 Å². The Morgan fingerprint density at radius 3 is 2.45 bits per heavy atom. The van der Waals surface area contributed by atoms with Crippen molar-refractivity contribution in [1.82, 2.24) is 4.98 Å². The first kappa shape index (κ1) is 12.8. The summed E-state index contributed by atoms with van der Waals surface area (Å²) < 4.78 is 0. The Balaban J connectivity index is 1.74. The van der Waals surface area contributed by atoms with Gasteiger partial charge in [0.2, 0.25) is 0 Å². The quantitative estimate of drug-likeness (QED) is 0.906. The van der Waals surface area contributed by atoms with Crippen LogP contribution in [0.25, 0.3) is 0 Å². The van der Waals surface area contributed by atoms with Crippen molar-refractivity contribution in [2.45, 2.75) is 18.3 Å². The number of aliphatic carboxylic acids is 1. The standard InChI is InChI=1S/C14H12N2O3S/c17-12(11-7-15-8-20-11)16-10-3-1-9(2-4-10)14(5-6-14)13(18)19/h1-4,7-8H,5-6H2,(H,16,17)(H,18,19). The van der Waals surface area contributed by atoms with Crippen molar-refractivity contribution in [2.24, 2.45) is 0 Å². The first-order chi connectivity index (χ1) is 9.62. The highest BCUT2D eigenvalue weighted by atomic mass is 32.1. The summed E-state index contributed by atoms with van der Waals surface area (Å²) in [5.41, 5.74) is 2.33. The topological polar surface area (TPSA) is 79.3 Å². The van der Waals surface area contributed by atoms with Crippen molar-refractivity contribution in [3.8, 4) is 0 Å². The molecule has 1 saturated carbocycles. The minimum atomic E-state index is -0.779. The molecule has 1 aromatic carbocycles. The lowest BCUT2D eigenvalue weighted by atomic mass is 9.96. The molecule has 0 atom stereocenters. The van der Waals surface area contributed by atoms with E-state index in [0.717, 1.165) is 5.56 Å². The van der Waals surface area contributed by atoms with Gasteiger partial charge in [-0.2, -0.15) is 0 Å². The number of hydrogen-bond acceptors (Lipinski definition) is 4. The van der Waals surface area contributed by atoms with Crippen LogP contribution in [0.4, 0.5) is 5.69 Å². The number of hydrogen-bond donors (Lipinski definition) is 2. The van der Waals surface area contributed by atoms with Gasteiger partial charge < -0.3 is 10.4 Å². The number of benzene rings is 1. The van der Waals surface area contributed by atoms with Crippen LogP contribution in [-0.4, -0.2) is 22.0 Å². The van der Waals surface area contributed by atoms with E-state index in [1.807, 2.05) is 0 Å². The summed E-state index contributed by atoms with van der Waals surface area (Å²) in [7, 11) is 0. The second-order valence-corrected chi connectivity index (χ2v) is 5.67. The van der Waals surface area contributed by atoms with Crippen LogP contribution in [0.1, 0.15) is 28.1 Å². The molecule has 2 aromatic rings. The lowest BCUT2D eigenvalue weighted by molar-refractivity contribution is -0.140. The van der Waals surface area contributed by atoms with Crippen molar-refractivity contribution < 1.29 is 14.7 Å². The van der Waals surface area contributed by atoms with Gasteiger partial charge in [0.05, 0.1) is 17.1 Å². The van der Waals surface area contributed by atoms with Crippen LogP contribution in [0, 0.1) is 0 Å². The van der Waals surface area contributed by atoms with E-state index in [4.69, 9.17) is 0 Å². The van der Waals surface area contributed by atoms with Gasteiger partial charge in [-0.05, 0) is 30.5 Å². The molecule has 0 bridgehead atoms. The van der Waals surface area contributed by atoms with Gasteiger partial charge in [-0.3, -0.25) is 14.6 Å². The van der Waals surface area contributed by atoms with E-state index in [2.05, 4.69) is 10.3 Å². The van der Waals surface area contributed by atoms with Crippen LogP contribution in [0.5, 0.6) is 0 Å². The second kappa shape index (κ2) is 4.72. The molecule has 102 valence electrons. The number of aromatic nitrogens is 1. The molecule has 6 heteroatoms. The highest BCUT2D eigenvalue weighted by Crippen LogP contribution is 2.48. The van der Waals surface area contributed by atoms with Crippen LogP contribution in [0.2, 0.25) is 0 Å². The third-order valence-electron chi connectivity index (χ3n) is 3.51. The summed E-state index contributed by atoms with van der Waals surface area (Å²) in [6.45, 7) is 0. The predicted octanol–water partition coefficient (Wildman–Crippen LogP) is 2.51. The van der Waals surface area contributed by atoms with Crippen molar-refractivity contribution in [2.75, 3.05) is 5.32 Å². The molecule has 1 heterocycles. The molecule has 1 aliphatic carbocycles. The normalized spacial score (nSPS) is 15.6. The van der Waals surface area contributed by atoms with E-state index in [-0.39, 0.29) is 5.91 Å². The second-order valence-electron chi connectivity index (χ2n) is 4.78. The largest absolute Gasteiger partial charge is 0.481 e. The van der Waals surface area contributed by atoms with Gasteiger partial charge in [-0.15, -0.1) is 11.3 Å². The van der Waals surface area contributed by atoms with Gasteiger partial charge in [0.25, 0.3) is 5.91 Å². The molecule has 0 aliphatic heterocycles. The zero-order chi connectivity index (χ0) is 14.2. The zero-order valence-electron chi connectivity index (χ0n) is 10.5. The fourth-order valence-corrected chi connectivity index (χ4v) is 2.66. The molecule has 0 saturated heterocycles. The maximum Gasteiger partial charge on any atom is 0.314 e. The molecule has 20 heavy (non-hydrogen) atoms. The minimum absolute atomic E-state index is 0.209. The SMILES string of the molecule is O=C(Nc1ccc(C2(C(=O)O)CC2)cc1)c1cncs1. The molecule has 0 unspecified atom stereocenters. The third-order valence-corrected chi connectivity index (χ3v) is 4.28. The minimum Gasteiger partial charge on any atom is -0.481 e. The van der Waals surface area contributed by atoms with Gasteiger partial charge in [0, 0.05) is 5.69 Å². The number of nitrogens with one attached hydrogen (secondary N) is 1. The van der Waals surface area contributed by atoms with Gasteiger partial charge in [-0.1, -0.05) is 12.1 Å². The number of carboxylic acids is 1. The third kappa shape index (κ3) is 2.18. The average molecular weight is 288 g/mol.